The monoisotopic (exact) mass is 226 g/mol. The molecule has 1 heterocycles. The lowest BCUT2D eigenvalue weighted by Crippen LogP contribution is -2.29. The maximum Gasteiger partial charge on any atom is 0.307 e. The Hall–Kier alpha value is -0.970. The van der Waals surface area contributed by atoms with Gasteiger partial charge in [0.1, 0.15) is 0 Å². The molecule has 4 nitrogen and oxygen atoms in total. The van der Waals surface area contributed by atoms with Crippen LogP contribution in [0, 0.1) is 5.92 Å². The molecule has 1 fully saturated rings. The number of nitrogens with zero attached hydrogens (tertiary/aromatic N) is 1. The van der Waals surface area contributed by atoms with Crippen LogP contribution in [0.25, 0.3) is 0 Å². The molecule has 1 aromatic rings. The van der Waals surface area contributed by atoms with Crippen LogP contribution >= 0.6 is 11.8 Å². The lowest BCUT2D eigenvalue weighted by atomic mass is 9.89. The van der Waals surface area contributed by atoms with Gasteiger partial charge in [-0.1, -0.05) is 24.6 Å². The molecular formula is C10H14N2O2S. The molecule has 2 N–H and O–H groups in total. The third kappa shape index (κ3) is 2.53. The molecular weight excluding hydrogens is 212 g/mol. The largest absolute Gasteiger partial charge is 0.481 e. The van der Waals surface area contributed by atoms with Crippen LogP contribution in [-0.4, -0.2) is 26.3 Å². The van der Waals surface area contributed by atoms with Crippen molar-refractivity contribution in [3.05, 3.63) is 12.4 Å². The smallest absolute Gasteiger partial charge is 0.307 e. The summed E-state index contributed by atoms with van der Waals surface area (Å²) >= 11 is 1.56. The number of hydrogen-bond donors (Lipinski definition) is 2. The first kappa shape index (κ1) is 10.5. The minimum Gasteiger partial charge on any atom is -0.481 e. The Morgan fingerprint density at radius 1 is 1.53 bits per heavy atom. The molecule has 2 atom stereocenters. The lowest BCUT2D eigenvalue weighted by Gasteiger charge is -2.26. The summed E-state index contributed by atoms with van der Waals surface area (Å²) in [5.41, 5.74) is 0. The normalized spacial score (nSPS) is 26.4. The van der Waals surface area contributed by atoms with Gasteiger partial charge in [-0.2, -0.15) is 0 Å². The summed E-state index contributed by atoms with van der Waals surface area (Å²) in [4.78, 5) is 18.2. The number of nitrogens with one attached hydrogen (secondary N) is 1. The number of aromatic nitrogens is 2. The van der Waals surface area contributed by atoms with E-state index in [1.807, 2.05) is 0 Å². The number of carboxylic acid groups (broad SMARTS) is 1. The van der Waals surface area contributed by atoms with Crippen molar-refractivity contribution in [2.45, 2.75) is 36.1 Å². The number of hydrogen-bond acceptors (Lipinski definition) is 3. The first-order chi connectivity index (χ1) is 7.27. The van der Waals surface area contributed by atoms with E-state index in [0.717, 1.165) is 30.8 Å². The van der Waals surface area contributed by atoms with Gasteiger partial charge in [-0.15, -0.1) is 0 Å². The van der Waals surface area contributed by atoms with Crippen LogP contribution in [0.1, 0.15) is 25.7 Å². The summed E-state index contributed by atoms with van der Waals surface area (Å²) in [6, 6.07) is 0. The first-order valence-electron chi connectivity index (χ1n) is 5.16. The summed E-state index contributed by atoms with van der Waals surface area (Å²) in [6.07, 6.45) is 7.40. The van der Waals surface area contributed by atoms with Crippen LogP contribution in [0.15, 0.2) is 17.6 Å². The summed E-state index contributed by atoms with van der Waals surface area (Å²) in [7, 11) is 0. The second kappa shape index (κ2) is 4.70. The highest BCUT2D eigenvalue weighted by Crippen LogP contribution is 2.36. The summed E-state index contributed by atoms with van der Waals surface area (Å²) in [5.74, 6) is -0.882. The lowest BCUT2D eigenvalue weighted by molar-refractivity contribution is -0.142. The number of carboxylic acids is 1. The highest BCUT2D eigenvalue weighted by molar-refractivity contribution is 7.99. The summed E-state index contributed by atoms with van der Waals surface area (Å²) in [5, 5.41) is 10.1. The Balaban J connectivity index is 2.02. The second-order valence-electron chi connectivity index (χ2n) is 3.78. The van der Waals surface area contributed by atoms with Crippen LogP contribution in [0.2, 0.25) is 0 Å². The van der Waals surface area contributed by atoms with E-state index in [9.17, 15) is 4.79 Å². The molecule has 0 amide bonds. The molecule has 0 saturated heterocycles. The van der Waals surface area contributed by atoms with Gasteiger partial charge in [0.2, 0.25) is 0 Å². The molecule has 0 bridgehead atoms. The first-order valence-corrected chi connectivity index (χ1v) is 6.04. The maximum absolute atomic E-state index is 11.0. The highest BCUT2D eigenvalue weighted by Gasteiger charge is 2.31. The van der Waals surface area contributed by atoms with E-state index in [4.69, 9.17) is 5.11 Å². The molecule has 0 aromatic carbocycles. The van der Waals surface area contributed by atoms with Gasteiger partial charge in [-0.3, -0.25) is 4.79 Å². The minimum absolute atomic E-state index is 0.169. The van der Waals surface area contributed by atoms with E-state index >= 15 is 0 Å². The van der Waals surface area contributed by atoms with Crippen LogP contribution in [0.4, 0.5) is 0 Å². The molecule has 1 aliphatic rings. The van der Waals surface area contributed by atoms with Gasteiger partial charge in [-0.25, -0.2) is 4.98 Å². The minimum atomic E-state index is -0.668. The van der Waals surface area contributed by atoms with Crippen molar-refractivity contribution in [1.82, 2.24) is 9.97 Å². The summed E-state index contributed by atoms with van der Waals surface area (Å²) in [6.45, 7) is 0. The molecule has 2 rings (SSSR count). The standard InChI is InChI=1S/C10H14N2O2S/c13-9(14)7-3-1-2-4-8(7)15-10-11-5-6-12-10/h5-8H,1-4H2,(H,11,12)(H,13,14). The Morgan fingerprint density at radius 3 is 3.00 bits per heavy atom. The van der Waals surface area contributed by atoms with E-state index in [-0.39, 0.29) is 11.2 Å². The Labute approximate surface area is 92.5 Å². The van der Waals surface area contributed by atoms with E-state index < -0.39 is 5.97 Å². The van der Waals surface area contributed by atoms with Crippen molar-refractivity contribution in [3.63, 3.8) is 0 Å². The van der Waals surface area contributed by atoms with Gasteiger partial charge in [-0.05, 0) is 12.8 Å². The molecule has 82 valence electrons. The van der Waals surface area contributed by atoms with E-state index in [1.54, 1.807) is 24.2 Å². The zero-order valence-corrected chi connectivity index (χ0v) is 9.17. The van der Waals surface area contributed by atoms with Gasteiger partial charge < -0.3 is 10.1 Å². The van der Waals surface area contributed by atoms with E-state index in [0.29, 0.717) is 0 Å². The van der Waals surface area contributed by atoms with Crippen molar-refractivity contribution in [2.75, 3.05) is 0 Å². The molecule has 1 saturated carbocycles. The predicted molar refractivity (Wildman–Crippen MR) is 57.8 cm³/mol. The third-order valence-corrected chi connectivity index (χ3v) is 4.07. The predicted octanol–water partition coefficient (Wildman–Crippen LogP) is 2.15. The Bertz CT molecular complexity index is 326. The number of carbonyl (C=O) groups is 1. The third-order valence-electron chi connectivity index (χ3n) is 2.76. The molecule has 1 aromatic heterocycles. The Morgan fingerprint density at radius 2 is 2.33 bits per heavy atom. The molecule has 0 aliphatic heterocycles. The van der Waals surface area contributed by atoms with E-state index in [1.165, 1.54) is 0 Å². The maximum atomic E-state index is 11.0. The summed E-state index contributed by atoms with van der Waals surface area (Å²) < 4.78 is 0. The van der Waals surface area contributed by atoms with Gasteiger partial charge in [0.25, 0.3) is 0 Å². The number of H-pyrrole nitrogens is 1. The number of rotatable bonds is 3. The van der Waals surface area contributed by atoms with Crippen molar-refractivity contribution in [3.8, 4) is 0 Å². The number of thioether (sulfide) groups is 1. The molecule has 1 aliphatic carbocycles. The van der Waals surface area contributed by atoms with Crippen molar-refractivity contribution < 1.29 is 9.90 Å². The fourth-order valence-electron chi connectivity index (χ4n) is 1.98. The SMILES string of the molecule is O=C(O)C1CCCCC1Sc1ncc[nH]1. The quantitative estimate of drug-likeness (QED) is 0.828. The Kier molecular flexibility index (Phi) is 3.30. The highest BCUT2D eigenvalue weighted by atomic mass is 32.2. The molecule has 2 unspecified atom stereocenters. The van der Waals surface area contributed by atoms with Gasteiger partial charge in [0.15, 0.2) is 5.16 Å². The average Bonchev–Trinajstić information content (AvgIpc) is 2.71. The molecule has 0 spiro atoms. The van der Waals surface area contributed by atoms with Crippen LogP contribution in [-0.2, 0) is 4.79 Å². The van der Waals surface area contributed by atoms with Crippen LogP contribution < -0.4 is 0 Å². The van der Waals surface area contributed by atoms with E-state index in [2.05, 4.69) is 9.97 Å². The zero-order valence-electron chi connectivity index (χ0n) is 8.35. The van der Waals surface area contributed by atoms with Gasteiger partial charge in [0, 0.05) is 17.6 Å². The fourth-order valence-corrected chi connectivity index (χ4v) is 3.22. The van der Waals surface area contributed by atoms with Gasteiger partial charge in [0.05, 0.1) is 5.92 Å². The molecule has 0 radical (unpaired) electrons. The fraction of sp³-hybridized carbons (Fsp3) is 0.600. The van der Waals surface area contributed by atoms with Crippen molar-refractivity contribution in [2.24, 2.45) is 5.92 Å². The number of aromatic amines is 1. The van der Waals surface area contributed by atoms with Crippen molar-refractivity contribution in [1.29, 1.82) is 0 Å². The van der Waals surface area contributed by atoms with Gasteiger partial charge >= 0.3 is 5.97 Å². The molecule has 15 heavy (non-hydrogen) atoms. The van der Waals surface area contributed by atoms with Crippen LogP contribution in [0.5, 0.6) is 0 Å². The number of aliphatic carboxylic acids is 1. The number of imidazole rings is 1. The average molecular weight is 226 g/mol. The zero-order chi connectivity index (χ0) is 10.7. The second-order valence-corrected chi connectivity index (χ2v) is 5.01. The molecule has 5 heteroatoms. The van der Waals surface area contributed by atoms with Crippen LogP contribution in [0.3, 0.4) is 0 Å². The topological polar surface area (TPSA) is 66.0 Å². The van der Waals surface area contributed by atoms with Crippen molar-refractivity contribution >= 4 is 17.7 Å².